The maximum atomic E-state index is 11.2. The van der Waals surface area contributed by atoms with Gasteiger partial charge in [0.05, 0.1) is 19.0 Å². The predicted molar refractivity (Wildman–Crippen MR) is 78.9 cm³/mol. The zero-order valence-electron chi connectivity index (χ0n) is 11.2. The second-order valence-electron chi connectivity index (χ2n) is 4.33. The summed E-state index contributed by atoms with van der Waals surface area (Å²) < 4.78 is 6.23. The highest BCUT2D eigenvalue weighted by Gasteiger charge is 2.21. The zero-order valence-corrected chi connectivity index (χ0v) is 12.8. The first-order valence-electron chi connectivity index (χ1n) is 6.18. The van der Waals surface area contributed by atoms with Crippen LogP contribution in [-0.2, 0) is 4.79 Å². The minimum atomic E-state index is -0.880. The molecule has 0 saturated carbocycles. The molecular formula is C14H15BrN2O3. The van der Waals surface area contributed by atoms with Gasteiger partial charge in [-0.3, -0.25) is 4.79 Å². The molecule has 5 nitrogen and oxygen atoms in total. The van der Waals surface area contributed by atoms with Crippen LogP contribution in [0.2, 0.25) is 0 Å². The molecule has 106 valence electrons. The first kappa shape index (κ1) is 14.6. The van der Waals surface area contributed by atoms with Gasteiger partial charge in [0, 0.05) is 10.0 Å². The van der Waals surface area contributed by atoms with Gasteiger partial charge in [-0.2, -0.15) is 0 Å². The predicted octanol–water partition coefficient (Wildman–Crippen LogP) is 3.43. The SMILES string of the molecule is CCC(C(=O)O)c1ncc(-c2cc(Br)ccc2OC)[nH]1. The van der Waals surface area contributed by atoms with Gasteiger partial charge in [-0.05, 0) is 24.6 Å². The number of nitrogens with zero attached hydrogens (tertiary/aromatic N) is 1. The summed E-state index contributed by atoms with van der Waals surface area (Å²) in [6, 6.07) is 5.62. The van der Waals surface area contributed by atoms with Gasteiger partial charge >= 0.3 is 5.97 Å². The molecular weight excluding hydrogens is 324 g/mol. The van der Waals surface area contributed by atoms with Crippen LogP contribution >= 0.6 is 15.9 Å². The normalized spacial score (nSPS) is 12.2. The Hall–Kier alpha value is -1.82. The number of hydrogen-bond acceptors (Lipinski definition) is 3. The van der Waals surface area contributed by atoms with Crippen molar-refractivity contribution in [2.75, 3.05) is 7.11 Å². The molecule has 1 unspecified atom stereocenters. The fourth-order valence-electron chi connectivity index (χ4n) is 2.03. The molecule has 1 aromatic carbocycles. The minimum Gasteiger partial charge on any atom is -0.496 e. The van der Waals surface area contributed by atoms with Crippen LogP contribution in [0.4, 0.5) is 0 Å². The van der Waals surface area contributed by atoms with E-state index in [0.29, 0.717) is 18.0 Å². The Morgan fingerprint density at radius 1 is 1.55 bits per heavy atom. The Morgan fingerprint density at radius 3 is 2.90 bits per heavy atom. The van der Waals surface area contributed by atoms with Crippen molar-refractivity contribution in [3.05, 3.63) is 34.7 Å². The van der Waals surface area contributed by atoms with Crippen molar-refractivity contribution in [2.24, 2.45) is 0 Å². The number of methoxy groups -OCH3 is 1. The van der Waals surface area contributed by atoms with Crippen LogP contribution in [0.15, 0.2) is 28.9 Å². The van der Waals surface area contributed by atoms with E-state index in [1.807, 2.05) is 25.1 Å². The molecule has 0 radical (unpaired) electrons. The number of aliphatic carboxylic acids is 1. The van der Waals surface area contributed by atoms with Gasteiger partial charge in [0.2, 0.25) is 0 Å². The second kappa shape index (κ2) is 6.09. The van der Waals surface area contributed by atoms with Gasteiger partial charge in [0.1, 0.15) is 17.5 Å². The van der Waals surface area contributed by atoms with Crippen molar-refractivity contribution in [2.45, 2.75) is 19.3 Å². The van der Waals surface area contributed by atoms with E-state index in [2.05, 4.69) is 25.9 Å². The van der Waals surface area contributed by atoms with Gasteiger partial charge in [0.15, 0.2) is 0 Å². The van der Waals surface area contributed by atoms with E-state index in [0.717, 1.165) is 15.7 Å². The Morgan fingerprint density at radius 2 is 2.30 bits per heavy atom. The Labute approximate surface area is 125 Å². The fraction of sp³-hybridized carbons (Fsp3) is 0.286. The van der Waals surface area contributed by atoms with E-state index < -0.39 is 11.9 Å². The maximum absolute atomic E-state index is 11.2. The molecule has 1 heterocycles. The molecule has 0 aliphatic carbocycles. The number of hydrogen-bond donors (Lipinski definition) is 2. The molecule has 1 aromatic heterocycles. The van der Waals surface area contributed by atoms with Crippen LogP contribution in [0.25, 0.3) is 11.3 Å². The number of benzene rings is 1. The third-order valence-corrected chi connectivity index (χ3v) is 3.58. The van der Waals surface area contributed by atoms with Crippen molar-refractivity contribution in [1.82, 2.24) is 9.97 Å². The lowest BCUT2D eigenvalue weighted by Crippen LogP contribution is -2.11. The summed E-state index contributed by atoms with van der Waals surface area (Å²) in [6.07, 6.45) is 2.11. The zero-order chi connectivity index (χ0) is 14.7. The summed E-state index contributed by atoms with van der Waals surface area (Å²) in [5, 5.41) is 9.16. The van der Waals surface area contributed by atoms with Gasteiger partial charge < -0.3 is 14.8 Å². The van der Waals surface area contributed by atoms with Crippen molar-refractivity contribution < 1.29 is 14.6 Å². The molecule has 0 amide bonds. The summed E-state index contributed by atoms with van der Waals surface area (Å²) in [7, 11) is 1.59. The number of carboxylic acids is 1. The summed E-state index contributed by atoms with van der Waals surface area (Å²) in [5.41, 5.74) is 1.57. The molecule has 0 bridgehead atoms. The fourth-order valence-corrected chi connectivity index (χ4v) is 2.39. The van der Waals surface area contributed by atoms with Gasteiger partial charge in [-0.1, -0.05) is 22.9 Å². The molecule has 0 aliphatic heterocycles. The van der Waals surface area contributed by atoms with Gasteiger partial charge in [0.25, 0.3) is 0 Å². The number of carbonyl (C=O) groups is 1. The highest BCUT2D eigenvalue weighted by molar-refractivity contribution is 9.10. The number of aromatic nitrogens is 2. The van der Waals surface area contributed by atoms with Crippen LogP contribution in [0.1, 0.15) is 25.1 Å². The first-order chi connectivity index (χ1) is 9.56. The summed E-state index contributed by atoms with van der Waals surface area (Å²) >= 11 is 3.41. The van der Waals surface area contributed by atoms with Crippen LogP contribution in [0.3, 0.4) is 0 Å². The molecule has 2 rings (SSSR count). The largest absolute Gasteiger partial charge is 0.496 e. The molecule has 1 atom stereocenters. The average molecular weight is 339 g/mol. The number of ether oxygens (including phenoxy) is 1. The van der Waals surface area contributed by atoms with Crippen LogP contribution in [-0.4, -0.2) is 28.2 Å². The van der Waals surface area contributed by atoms with E-state index >= 15 is 0 Å². The molecule has 0 saturated heterocycles. The summed E-state index contributed by atoms with van der Waals surface area (Å²) in [6.45, 7) is 1.82. The van der Waals surface area contributed by atoms with Gasteiger partial charge in [-0.15, -0.1) is 0 Å². The second-order valence-corrected chi connectivity index (χ2v) is 5.24. The third-order valence-electron chi connectivity index (χ3n) is 3.08. The number of nitrogens with one attached hydrogen (secondary N) is 1. The van der Waals surface area contributed by atoms with Crippen molar-refractivity contribution >= 4 is 21.9 Å². The lowest BCUT2D eigenvalue weighted by atomic mass is 10.1. The van der Waals surface area contributed by atoms with Crippen LogP contribution < -0.4 is 4.74 Å². The van der Waals surface area contributed by atoms with E-state index in [1.54, 1.807) is 13.3 Å². The van der Waals surface area contributed by atoms with Crippen molar-refractivity contribution in [3.8, 4) is 17.0 Å². The Kier molecular flexibility index (Phi) is 4.44. The number of carboxylic acid groups (broad SMARTS) is 1. The number of imidazole rings is 1. The first-order valence-corrected chi connectivity index (χ1v) is 6.97. The lowest BCUT2D eigenvalue weighted by Gasteiger charge is -2.08. The third kappa shape index (κ3) is 2.85. The molecule has 20 heavy (non-hydrogen) atoms. The topological polar surface area (TPSA) is 75.2 Å². The number of halogens is 1. The molecule has 6 heteroatoms. The quantitative estimate of drug-likeness (QED) is 0.875. The van der Waals surface area contributed by atoms with Gasteiger partial charge in [-0.25, -0.2) is 4.98 Å². The monoisotopic (exact) mass is 338 g/mol. The summed E-state index contributed by atoms with van der Waals surface area (Å²) in [5.74, 6) is -0.347. The standard InChI is InChI=1S/C14H15BrN2O3/c1-3-9(14(18)19)13-16-7-11(17-13)10-6-8(15)4-5-12(10)20-2/h4-7,9H,3H2,1-2H3,(H,16,17)(H,18,19). The number of H-pyrrole nitrogens is 1. The van der Waals surface area contributed by atoms with E-state index in [1.165, 1.54) is 0 Å². The average Bonchev–Trinajstić information content (AvgIpc) is 2.88. The highest BCUT2D eigenvalue weighted by Crippen LogP contribution is 2.32. The van der Waals surface area contributed by atoms with E-state index in [4.69, 9.17) is 9.84 Å². The molecule has 0 aliphatic rings. The molecule has 0 fully saturated rings. The number of aromatic amines is 1. The van der Waals surface area contributed by atoms with E-state index in [9.17, 15) is 4.79 Å². The van der Waals surface area contributed by atoms with Crippen molar-refractivity contribution in [3.63, 3.8) is 0 Å². The Balaban J connectivity index is 2.43. The van der Waals surface area contributed by atoms with Crippen molar-refractivity contribution in [1.29, 1.82) is 0 Å². The molecule has 2 N–H and O–H groups in total. The maximum Gasteiger partial charge on any atom is 0.314 e. The minimum absolute atomic E-state index is 0.456. The summed E-state index contributed by atoms with van der Waals surface area (Å²) in [4.78, 5) is 18.4. The smallest absolute Gasteiger partial charge is 0.314 e. The number of rotatable bonds is 5. The molecule has 0 spiro atoms. The lowest BCUT2D eigenvalue weighted by molar-refractivity contribution is -0.139. The Bertz CT molecular complexity index is 625. The van der Waals surface area contributed by atoms with Crippen LogP contribution in [0, 0.1) is 0 Å². The van der Waals surface area contributed by atoms with E-state index in [-0.39, 0.29) is 0 Å². The molecule has 2 aromatic rings. The highest BCUT2D eigenvalue weighted by atomic mass is 79.9. The van der Waals surface area contributed by atoms with Crippen LogP contribution in [0.5, 0.6) is 5.75 Å².